The third kappa shape index (κ3) is 4.36. The number of hydrogen-bond acceptors (Lipinski definition) is 4. The summed E-state index contributed by atoms with van der Waals surface area (Å²) < 4.78 is 0.981. The highest BCUT2D eigenvalue weighted by Gasteiger charge is 2.28. The highest BCUT2D eigenvalue weighted by Crippen LogP contribution is 2.21. The van der Waals surface area contributed by atoms with Crippen molar-refractivity contribution in [3.8, 4) is 6.07 Å². The van der Waals surface area contributed by atoms with Crippen LogP contribution in [0.5, 0.6) is 0 Å². The average Bonchev–Trinajstić information content (AvgIpc) is 2.58. The summed E-state index contributed by atoms with van der Waals surface area (Å²) >= 11 is 3.42. The maximum atomic E-state index is 12.4. The first-order valence-electron chi connectivity index (χ1n) is 7.57. The molecule has 1 aromatic carbocycles. The molecule has 6 nitrogen and oxygen atoms in total. The molecule has 2 rings (SSSR count). The number of anilines is 1. The van der Waals surface area contributed by atoms with Gasteiger partial charge >= 0.3 is 5.97 Å². The molecule has 1 saturated heterocycles. The van der Waals surface area contributed by atoms with E-state index in [4.69, 9.17) is 5.11 Å². The normalized spacial score (nSPS) is 15.7. The summed E-state index contributed by atoms with van der Waals surface area (Å²) in [7, 11) is 0. The molecule has 0 aromatic heterocycles. The average molecular weight is 392 g/mol. The Labute approximate surface area is 148 Å². The van der Waals surface area contributed by atoms with Crippen LogP contribution in [0.1, 0.15) is 18.4 Å². The van der Waals surface area contributed by atoms with E-state index in [-0.39, 0.29) is 11.5 Å². The number of aryl methyl sites for hydroxylation is 1. The summed E-state index contributed by atoms with van der Waals surface area (Å²) in [5, 5.41) is 21.2. The smallest absolute Gasteiger partial charge is 0.306 e. The molecule has 126 valence electrons. The highest BCUT2D eigenvalue weighted by atomic mass is 79.9. The Bertz CT molecular complexity index is 716. The number of carbonyl (C=O) groups is 2. The van der Waals surface area contributed by atoms with Gasteiger partial charge < -0.3 is 15.3 Å². The number of amides is 1. The van der Waals surface area contributed by atoms with Crippen LogP contribution in [-0.2, 0) is 9.59 Å². The maximum Gasteiger partial charge on any atom is 0.306 e. The summed E-state index contributed by atoms with van der Waals surface area (Å²) in [6.07, 6.45) is 2.23. The van der Waals surface area contributed by atoms with Crippen LogP contribution in [0, 0.1) is 24.2 Å². The maximum absolute atomic E-state index is 12.4. The fourth-order valence-electron chi connectivity index (χ4n) is 2.53. The van der Waals surface area contributed by atoms with Gasteiger partial charge in [0.15, 0.2) is 0 Å². The topological polar surface area (TPSA) is 93.4 Å². The summed E-state index contributed by atoms with van der Waals surface area (Å²) in [6.45, 7) is 2.65. The molecule has 24 heavy (non-hydrogen) atoms. The van der Waals surface area contributed by atoms with Gasteiger partial charge in [-0.15, -0.1) is 0 Å². The van der Waals surface area contributed by atoms with E-state index in [1.807, 2.05) is 31.2 Å². The van der Waals surface area contributed by atoms with Crippen LogP contribution in [-0.4, -0.2) is 35.0 Å². The molecule has 7 heteroatoms. The zero-order chi connectivity index (χ0) is 17.7. The minimum absolute atomic E-state index is 0.00402. The molecule has 2 N–H and O–H groups in total. The Balaban J connectivity index is 2.02. The third-order valence-electron chi connectivity index (χ3n) is 4.02. The first kappa shape index (κ1) is 18.0. The third-order valence-corrected chi connectivity index (χ3v) is 4.91. The largest absolute Gasteiger partial charge is 0.481 e. The zero-order valence-electron chi connectivity index (χ0n) is 13.3. The summed E-state index contributed by atoms with van der Waals surface area (Å²) in [6, 6.07) is 7.54. The van der Waals surface area contributed by atoms with Crippen LogP contribution in [0.3, 0.4) is 0 Å². The lowest BCUT2D eigenvalue weighted by atomic mass is 9.97. The minimum atomic E-state index is -0.828. The van der Waals surface area contributed by atoms with Crippen molar-refractivity contribution in [2.45, 2.75) is 19.8 Å². The number of hydrogen-bond donors (Lipinski definition) is 2. The molecule has 0 spiro atoms. The second-order valence-electron chi connectivity index (χ2n) is 5.68. The van der Waals surface area contributed by atoms with Gasteiger partial charge in [-0.3, -0.25) is 9.59 Å². The lowest BCUT2D eigenvalue weighted by Crippen LogP contribution is -2.40. The van der Waals surface area contributed by atoms with Crippen molar-refractivity contribution >= 4 is 33.5 Å². The Morgan fingerprint density at radius 3 is 2.62 bits per heavy atom. The minimum Gasteiger partial charge on any atom is -0.481 e. The van der Waals surface area contributed by atoms with Crippen LogP contribution < -0.4 is 5.32 Å². The number of piperidine rings is 1. The van der Waals surface area contributed by atoms with Gasteiger partial charge in [0, 0.05) is 29.4 Å². The lowest BCUT2D eigenvalue weighted by Gasteiger charge is -2.29. The monoisotopic (exact) mass is 391 g/mol. The molecular formula is C17H18BrN3O3. The molecule has 0 bridgehead atoms. The number of likely N-dealkylation sites (tertiary alicyclic amines) is 1. The first-order chi connectivity index (χ1) is 11.4. The second kappa shape index (κ2) is 7.97. The van der Waals surface area contributed by atoms with Gasteiger partial charge in [-0.1, -0.05) is 15.9 Å². The quantitative estimate of drug-likeness (QED) is 0.607. The molecule has 1 fully saturated rings. The summed E-state index contributed by atoms with van der Waals surface area (Å²) in [5.41, 5.74) is 1.82. The van der Waals surface area contributed by atoms with Gasteiger partial charge in [-0.2, -0.15) is 5.26 Å². The molecule has 0 aliphatic carbocycles. The summed E-state index contributed by atoms with van der Waals surface area (Å²) in [4.78, 5) is 24.9. The van der Waals surface area contributed by atoms with E-state index in [0.717, 1.165) is 15.7 Å². The molecular weight excluding hydrogens is 374 g/mol. The number of carboxylic acids is 1. The number of benzene rings is 1. The van der Waals surface area contributed by atoms with E-state index >= 15 is 0 Å². The number of nitrogens with one attached hydrogen (secondary N) is 1. The van der Waals surface area contributed by atoms with E-state index in [2.05, 4.69) is 21.2 Å². The SMILES string of the molecule is Cc1cc(N/C=C(/C#N)C(=O)N2CCC(C(=O)O)CC2)ccc1Br. The number of carboxylic acid groups (broad SMARTS) is 1. The number of aliphatic carboxylic acids is 1. The highest BCUT2D eigenvalue weighted by molar-refractivity contribution is 9.10. The molecule has 1 aromatic rings. The Kier molecular flexibility index (Phi) is 5.99. The number of carbonyl (C=O) groups excluding carboxylic acids is 1. The van der Waals surface area contributed by atoms with Crippen LogP contribution in [0.4, 0.5) is 5.69 Å². The second-order valence-corrected chi connectivity index (χ2v) is 6.54. The molecule has 1 aliphatic heterocycles. The van der Waals surface area contributed by atoms with Crippen molar-refractivity contribution in [3.05, 3.63) is 40.0 Å². The van der Waals surface area contributed by atoms with Crippen LogP contribution in [0.15, 0.2) is 34.4 Å². The fourth-order valence-corrected chi connectivity index (χ4v) is 2.78. The number of rotatable bonds is 4. The van der Waals surface area contributed by atoms with Crippen molar-refractivity contribution in [1.29, 1.82) is 5.26 Å². The predicted octanol–water partition coefficient (Wildman–Crippen LogP) is 2.90. The molecule has 1 aliphatic rings. The van der Waals surface area contributed by atoms with Crippen LogP contribution in [0.2, 0.25) is 0 Å². The molecule has 1 amide bonds. The molecule has 1 heterocycles. The van der Waals surface area contributed by atoms with Gasteiger partial charge in [0.1, 0.15) is 11.6 Å². The lowest BCUT2D eigenvalue weighted by molar-refractivity contribution is -0.145. The number of halogens is 1. The first-order valence-corrected chi connectivity index (χ1v) is 8.36. The Hall–Kier alpha value is -2.33. The molecule has 0 radical (unpaired) electrons. The summed E-state index contributed by atoms with van der Waals surface area (Å²) in [5.74, 6) is -1.61. The van der Waals surface area contributed by atoms with E-state index < -0.39 is 11.9 Å². The van der Waals surface area contributed by atoms with Gasteiger partial charge in [-0.25, -0.2) is 0 Å². The van der Waals surface area contributed by atoms with Crippen LogP contribution >= 0.6 is 15.9 Å². The van der Waals surface area contributed by atoms with Crippen molar-refractivity contribution in [2.75, 3.05) is 18.4 Å². The molecule has 0 atom stereocenters. The van der Waals surface area contributed by atoms with E-state index in [1.54, 1.807) is 0 Å². The molecule has 0 unspecified atom stereocenters. The fraction of sp³-hybridized carbons (Fsp3) is 0.353. The number of nitriles is 1. The van der Waals surface area contributed by atoms with Gasteiger partial charge in [0.2, 0.25) is 0 Å². The van der Waals surface area contributed by atoms with Crippen LogP contribution in [0.25, 0.3) is 0 Å². The van der Waals surface area contributed by atoms with Gasteiger partial charge in [0.05, 0.1) is 5.92 Å². The van der Waals surface area contributed by atoms with Crippen molar-refractivity contribution < 1.29 is 14.7 Å². The standard InChI is InChI=1S/C17H18BrN3O3/c1-11-8-14(2-3-15(11)18)20-10-13(9-19)16(22)21-6-4-12(5-7-21)17(23)24/h2-3,8,10,12,20H,4-7H2,1H3,(H,23,24)/b13-10-. The van der Waals surface area contributed by atoms with E-state index in [0.29, 0.717) is 25.9 Å². The number of nitrogens with zero attached hydrogens (tertiary/aromatic N) is 2. The van der Waals surface area contributed by atoms with E-state index in [1.165, 1.54) is 11.1 Å². The Morgan fingerprint density at radius 1 is 1.42 bits per heavy atom. The van der Waals surface area contributed by atoms with E-state index in [9.17, 15) is 14.9 Å². The van der Waals surface area contributed by atoms with Gasteiger partial charge in [0.25, 0.3) is 5.91 Å². The van der Waals surface area contributed by atoms with Crippen molar-refractivity contribution in [2.24, 2.45) is 5.92 Å². The Morgan fingerprint density at radius 2 is 2.08 bits per heavy atom. The molecule has 0 saturated carbocycles. The predicted molar refractivity (Wildman–Crippen MR) is 93.1 cm³/mol. The zero-order valence-corrected chi connectivity index (χ0v) is 14.8. The van der Waals surface area contributed by atoms with Crippen molar-refractivity contribution in [1.82, 2.24) is 4.90 Å². The van der Waals surface area contributed by atoms with Crippen molar-refractivity contribution in [3.63, 3.8) is 0 Å². The van der Waals surface area contributed by atoms with Gasteiger partial charge in [-0.05, 0) is 43.5 Å².